The number of nitrogens with one attached hydrogen (secondary N) is 1. The Morgan fingerprint density at radius 2 is 2.21 bits per heavy atom. The average Bonchev–Trinajstić information content (AvgIpc) is 2.77. The molecule has 0 aliphatic carbocycles. The van der Waals surface area contributed by atoms with Crippen molar-refractivity contribution in [3.63, 3.8) is 0 Å². The van der Waals surface area contributed by atoms with Crippen molar-refractivity contribution >= 4 is 0 Å². The zero-order valence-corrected chi connectivity index (χ0v) is 11.2. The van der Waals surface area contributed by atoms with Gasteiger partial charge < -0.3 is 0 Å². The molecule has 0 saturated carbocycles. The maximum atomic E-state index is 13.2. The lowest BCUT2D eigenvalue weighted by molar-refractivity contribution is 0.489. The Balaban J connectivity index is 2.24. The van der Waals surface area contributed by atoms with Crippen LogP contribution in [0, 0.1) is 12.7 Å². The van der Waals surface area contributed by atoms with Gasteiger partial charge in [-0.2, -0.15) is 5.10 Å². The Kier molecular flexibility index (Phi) is 4.29. The van der Waals surface area contributed by atoms with E-state index in [1.807, 2.05) is 30.7 Å². The highest BCUT2D eigenvalue weighted by atomic mass is 19.1. The molecule has 1 aromatic carbocycles. The molecule has 19 heavy (non-hydrogen) atoms. The summed E-state index contributed by atoms with van der Waals surface area (Å²) >= 11 is 0. The first-order valence-corrected chi connectivity index (χ1v) is 6.39. The molecule has 3 N–H and O–H groups in total. The Morgan fingerprint density at radius 3 is 2.84 bits per heavy atom. The summed E-state index contributed by atoms with van der Waals surface area (Å²) in [6.45, 7) is 4.77. The van der Waals surface area contributed by atoms with Gasteiger partial charge in [0.05, 0.1) is 17.4 Å². The van der Waals surface area contributed by atoms with Crippen LogP contribution >= 0.6 is 0 Å². The first-order chi connectivity index (χ1) is 9.13. The van der Waals surface area contributed by atoms with E-state index in [4.69, 9.17) is 5.84 Å². The molecule has 2 rings (SSSR count). The fraction of sp³-hybridized carbons (Fsp3) is 0.357. The monoisotopic (exact) mass is 262 g/mol. The van der Waals surface area contributed by atoms with Crippen molar-refractivity contribution in [3.8, 4) is 0 Å². The van der Waals surface area contributed by atoms with E-state index in [0.29, 0.717) is 6.42 Å². The second-order valence-electron chi connectivity index (χ2n) is 4.58. The van der Waals surface area contributed by atoms with Gasteiger partial charge in [-0.25, -0.2) is 4.39 Å². The third-order valence-corrected chi connectivity index (χ3v) is 3.12. The van der Waals surface area contributed by atoms with E-state index >= 15 is 0 Å². The van der Waals surface area contributed by atoms with Crippen LogP contribution < -0.4 is 11.3 Å². The highest BCUT2D eigenvalue weighted by molar-refractivity contribution is 5.21. The highest BCUT2D eigenvalue weighted by Crippen LogP contribution is 2.19. The molecule has 1 unspecified atom stereocenters. The molecule has 102 valence electrons. The number of nitrogens with zero attached hydrogens (tertiary/aromatic N) is 2. The van der Waals surface area contributed by atoms with E-state index < -0.39 is 0 Å². The first-order valence-electron chi connectivity index (χ1n) is 6.39. The lowest BCUT2D eigenvalue weighted by atomic mass is 10.0. The number of aryl methyl sites for hydroxylation is 2. The van der Waals surface area contributed by atoms with Gasteiger partial charge in [0.25, 0.3) is 0 Å². The van der Waals surface area contributed by atoms with Crippen molar-refractivity contribution in [2.75, 3.05) is 0 Å². The molecule has 1 aromatic heterocycles. The van der Waals surface area contributed by atoms with Crippen molar-refractivity contribution in [1.29, 1.82) is 0 Å². The fourth-order valence-corrected chi connectivity index (χ4v) is 2.25. The van der Waals surface area contributed by atoms with E-state index in [0.717, 1.165) is 23.5 Å². The number of hydrazine groups is 1. The molecule has 0 fully saturated rings. The van der Waals surface area contributed by atoms with Crippen LogP contribution in [0.25, 0.3) is 0 Å². The molecule has 0 radical (unpaired) electrons. The van der Waals surface area contributed by atoms with Crippen LogP contribution in [0.3, 0.4) is 0 Å². The normalized spacial score (nSPS) is 12.6. The molecule has 5 heteroatoms. The van der Waals surface area contributed by atoms with Crippen molar-refractivity contribution in [3.05, 3.63) is 53.1 Å². The van der Waals surface area contributed by atoms with Crippen molar-refractivity contribution < 1.29 is 4.39 Å². The number of halogens is 1. The summed E-state index contributed by atoms with van der Waals surface area (Å²) in [4.78, 5) is 0. The summed E-state index contributed by atoms with van der Waals surface area (Å²) in [5.74, 6) is 5.41. The van der Waals surface area contributed by atoms with Crippen molar-refractivity contribution in [2.45, 2.75) is 32.9 Å². The zero-order chi connectivity index (χ0) is 13.8. The van der Waals surface area contributed by atoms with E-state index in [9.17, 15) is 4.39 Å². The lowest BCUT2D eigenvalue weighted by Gasteiger charge is -2.17. The first kappa shape index (κ1) is 13.7. The summed E-state index contributed by atoms with van der Waals surface area (Å²) in [5, 5.41) is 4.40. The van der Waals surface area contributed by atoms with Gasteiger partial charge in [-0.3, -0.25) is 16.0 Å². The van der Waals surface area contributed by atoms with Gasteiger partial charge in [0.15, 0.2) is 0 Å². The van der Waals surface area contributed by atoms with Gasteiger partial charge in [0.2, 0.25) is 0 Å². The summed E-state index contributed by atoms with van der Waals surface area (Å²) < 4.78 is 15.1. The number of nitrogens with two attached hydrogens (primary N) is 1. The van der Waals surface area contributed by atoms with Gasteiger partial charge in [-0.15, -0.1) is 0 Å². The molecule has 2 aromatic rings. The second-order valence-corrected chi connectivity index (χ2v) is 4.58. The number of rotatable bonds is 5. The summed E-state index contributed by atoms with van der Waals surface area (Å²) in [5.41, 5.74) is 5.67. The van der Waals surface area contributed by atoms with Gasteiger partial charge >= 0.3 is 0 Å². The predicted octanol–water partition coefficient (Wildman–Crippen LogP) is 2.10. The molecule has 4 nitrogen and oxygen atoms in total. The minimum absolute atomic E-state index is 0.0806. The highest BCUT2D eigenvalue weighted by Gasteiger charge is 2.16. The molecule has 0 bridgehead atoms. The third kappa shape index (κ3) is 3.19. The number of aromatic nitrogens is 2. The Hall–Kier alpha value is -1.72. The number of hydrogen-bond acceptors (Lipinski definition) is 3. The lowest BCUT2D eigenvalue weighted by Crippen LogP contribution is -2.31. The van der Waals surface area contributed by atoms with E-state index in [-0.39, 0.29) is 11.9 Å². The van der Waals surface area contributed by atoms with E-state index in [1.54, 1.807) is 6.07 Å². The molecule has 0 aliphatic rings. The number of benzene rings is 1. The summed E-state index contributed by atoms with van der Waals surface area (Å²) in [6.07, 6.45) is 0.624. The Bertz CT molecular complexity index is 550. The van der Waals surface area contributed by atoms with Gasteiger partial charge in [0.1, 0.15) is 5.82 Å². The molecule has 0 amide bonds. The standard InChI is InChI=1S/C14H19FN4/c1-3-19-14(7-10(2)18-19)13(17-16)9-11-5-4-6-12(15)8-11/h4-8,13,17H,3,9,16H2,1-2H3. The van der Waals surface area contributed by atoms with Crippen molar-refractivity contribution in [1.82, 2.24) is 15.2 Å². The van der Waals surface area contributed by atoms with E-state index in [2.05, 4.69) is 10.5 Å². The fourth-order valence-electron chi connectivity index (χ4n) is 2.25. The summed E-state index contributed by atoms with van der Waals surface area (Å²) in [7, 11) is 0. The minimum atomic E-state index is -0.228. The topological polar surface area (TPSA) is 55.9 Å². The van der Waals surface area contributed by atoms with Crippen LogP contribution in [0.15, 0.2) is 30.3 Å². The molecular formula is C14H19FN4. The van der Waals surface area contributed by atoms with Gasteiger partial charge in [0, 0.05) is 6.54 Å². The molecule has 1 atom stereocenters. The molecule has 0 spiro atoms. The molecule has 1 heterocycles. The average molecular weight is 262 g/mol. The van der Waals surface area contributed by atoms with Crippen molar-refractivity contribution in [2.24, 2.45) is 5.84 Å². The maximum absolute atomic E-state index is 13.2. The van der Waals surface area contributed by atoms with Crippen LogP contribution in [0.4, 0.5) is 4.39 Å². The second kappa shape index (κ2) is 5.95. The van der Waals surface area contributed by atoms with Crippen LogP contribution in [0.1, 0.15) is 29.9 Å². The van der Waals surface area contributed by atoms with Crippen LogP contribution in [0.2, 0.25) is 0 Å². The number of hydrogen-bond donors (Lipinski definition) is 2. The van der Waals surface area contributed by atoms with E-state index in [1.165, 1.54) is 12.1 Å². The summed E-state index contributed by atoms with van der Waals surface area (Å²) in [6, 6.07) is 8.50. The largest absolute Gasteiger partial charge is 0.271 e. The minimum Gasteiger partial charge on any atom is -0.271 e. The molecule has 0 saturated heterocycles. The SMILES string of the molecule is CCn1nc(C)cc1C(Cc1cccc(F)c1)NN. The quantitative estimate of drug-likeness (QED) is 0.641. The third-order valence-electron chi connectivity index (χ3n) is 3.12. The van der Waals surface area contributed by atoms with Crippen LogP contribution in [-0.2, 0) is 13.0 Å². The maximum Gasteiger partial charge on any atom is 0.123 e. The predicted molar refractivity (Wildman–Crippen MR) is 72.8 cm³/mol. The van der Waals surface area contributed by atoms with Crippen LogP contribution in [-0.4, -0.2) is 9.78 Å². The zero-order valence-electron chi connectivity index (χ0n) is 11.2. The molecular weight excluding hydrogens is 243 g/mol. The Morgan fingerprint density at radius 1 is 1.42 bits per heavy atom. The smallest absolute Gasteiger partial charge is 0.123 e. The van der Waals surface area contributed by atoms with Gasteiger partial charge in [-0.1, -0.05) is 12.1 Å². The molecule has 0 aliphatic heterocycles. The Labute approximate surface area is 112 Å². The van der Waals surface area contributed by atoms with Gasteiger partial charge in [-0.05, 0) is 44.0 Å². The van der Waals surface area contributed by atoms with Crippen LogP contribution in [0.5, 0.6) is 0 Å².